The number of hydrogen-bond donors (Lipinski definition) is 2. The average Bonchev–Trinajstić information content (AvgIpc) is 3.33. The highest BCUT2D eigenvalue weighted by Gasteiger charge is 2.20. The topological polar surface area (TPSA) is 112 Å². The summed E-state index contributed by atoms with van der Waals surface area (Å²) in [6, 6.07) is 4.07. The third-order valence-corrected chi connectivity index (χ3v) is 4.75. The van der Waals surface area contributed by atoms with Crippen LogP contribution in [0.5, 0.6) is 0 Å². The van der Waals surface area contributed by atoms with Crippen LogP contribution in [0, 0.1) is 0 Å². The van der Waals surface area contributed by atoms with E-state index in [-0.39, 0.29) is 18.4 Å². The van der Waals surface area contributed by atoms with Crippen molar-refractivity contribution in [2.75, 3.05) is 12.8 Å². The van der Waals surface area contributed by atoms with Crippen molar-refractivity contribution < 1.29 is 4.79 Å². The van der Waals surface area contributed by atoms with Gasteiger partial charge in [-0.2, -0.15) is 5.10 Å². The van der Waals surface area contributed by atoms with Crippen molar-refractivity contribution in [2.45, 2.75) is 26.3 Å². The average molecular weight is 375 g/mol. The largest absolute Gasteiger partial charge is 0.368 e. The highest BCUT2D eigenvalue weighted by atomic mass is 16.1. The Morgan fingerprint density at radius 2 is 2.11 bits per heavy atom. The Morgan fingerprint density at radius 1 is 1.25 bits per heavy atom. The summed E-state index contributed by atoms with van der Waals surface area (Å²) in [5.41, 5.74) is 12.5. The number of nitrogen functional groups attached to an aromatic ring is 1. The molecule has 0 saturated carbocycles. The molecule has 0 bridgehead atoms. The lowest BCUT2D eigenvalue weighted by atomic mass is 10.0. The van der Waals surface area contributed by atoms with Crippen LogP contribution in [0.15, 0.2) is 36.8 Å². The van der Waals surface area contributed by atoms with Gasteiger partial charge in [0.2, 0.25) is 11.9 Å². The number of pyridine rings is 1. The number of carbonyl (C=O) groups excluding carboxylic acids is 1. The second-order valence-corrected chi connectivity index (χ2v) is 6.60. The Morgan fingerprint density at radius 3 is 2.89 bits per heavy atom. The third kappa shape index (κ3) is 3.36. The number of likely N-dealkylation sites (N-methyl/N-ethyl adjacent to an activating group) is 1. The van der Waals surface area contributed by atoms with Crippen LogP contribution in [0.2, 0.25) is 0 Å². The minimum atomic E-state index is -0.0972. The molecule has 3 aromatic rings. The predicted octanol–water partition coefficient (Wildman–Crippen LogP) is 1.61. The van der Waals surface area contributed by atoms with Crippen LogP contribution < -0.4 is 11.1 Å². The Labute approximate surface area is 162 Å². The lowest BCUT2D eigenvalue weighted by molar-refractivity contribution is -0.121. The molecule has 3 heterocycles. The molecule has 4 rings (SSSR count). The first-order chi connectivity index (χ1) is 13.6. The summed E-state index contributed by atoms with van der Waals surface area (Å²) < 4.78 is 1.61. The van der Waals surface area contributed by atoms with E-state index < -0.39 is 0 Å². The van der Waals surface area contributed by atoms with Gasteiger partial charge < -0.3 is 11.1 Å². The monoisotopic (exact) mass is 375 g/mol. The molecule has 1 aliphatic carbocycles. The number of anilines is 1. The fourth-order valence-electron chi connectivity index (χ4n) is 3.26. The summed E-state index contributed by atoms with van der Waals surface area (Å²) in [5, 5.41) is 6.85. The smallest absolute Gasteiger partial charge is 0.241 e. The molecular weight excluding hydrogens is 354 g/mol. The van der Waals surface area contributed by atoms with Gasteiger partial charge >= 0.3 is 0 Å². The maximum atomic E-state index is 11.5. The summed E-state index contributed by atoms with van der Waals surface area (Å²) in [6.07, 6.45) is 9.09. The van der Waals surface area contributed by atoms with Gasteiger partial charge in [0.05, 0.1) is 17.6 Å². The molecular formula is C20H21N7O. The number of allylic oxidation sites excluding steroid dienone is 1. The van der Waals surface area contributed by atoms with Crippen molar-refractivity contribution in [1.29, 1.82) is 0 Å². The van der Waals surface area contributed by atoms with Gasteiger partial charge in [-0.3, -0.25) is 14.5 Å². The molecule has 8 heteroatoms. The van der Waals surface area contributed by atoms with Gasteiger partial charge in [0.15, 0.2) is 0 Å². The van der Waals surface area contributed by atoms with E-state index in [2.05, 4.69) is 37.5 Å². The molecule has 0 radical (unpaired) electrons. The van der Waals surface area contributed by atoms with E-state index in [4.69, 9.17) is 5.73 Å². The maximum Gasteiger partial charge on any atom is 0.241 e. The number of nitrogens with two attached hydrogens (primary N) is 1. The van der Waals surface area contributed by atoms with Gasteiger partial charge in [0.25, 0.3) is 0 Å². The van der Waals surface area contributed by atoms with E-state index >= 15 is 0 Å². The molecule has 28 heavy (non-hydrogen) atoms. The number of carbonyl (C=O) groups is 1. The summed E-state index contributed by atoms with van der Waals surface area (Å²) in [5.74, 6) is 0.184. The minimum Gasteiger partial charge on any atom is -0.368 e. The van der Waals surface area contributed by atoms with Crippen molar-refractivity contribution >= 4 is 17.4 Å². The minimum absolute atomic E-state index is 0.0972. The lowest BCUT2D eigenvalue weighted by Gasteiger charge is -2.09. The molecule has 0 aromatic carbocycles. The van der Waals surface area contributed by atoms with E-state index in [0.29, 0.717) is 0 Å². The van der Waals surface area contributed by atoms with E-state index in [1.54, 1.807) is 17.9 Å². The fraction of sp³-hybridized carbons (Fsp3) is 0.250. The second kappa shape index (κ2) is 7.22. The number of hydrogen-bond acceptors (Lipinski definition) is 6. The van der Waals surface area contributed by atoms with Crippen molar-refractivity contribution in [3.8, 4) is 11.1 Å². The first-order valence-electron chi connectivity index (χ1n) is 9.14. The van der Waals surface area contributed by atoms with Gasteiger partial charge in [0, 0.05) is 53.8 Å². The summed E-state index contributed by atoms with van der Waals surface area (Å²) in [4.78, 5) is 24.8. The quantitative estimate of drug-likeness (QED) is 0.701. The summed E-state index contributed by atoms with van der Waals surface area (Å²) >= 11 is 0. The number of fused-ring (bicyclic) bond motifs is 1. The zero-order chi connectivity index (χ0) is 19.7. The molecule has 1 amide bonds. The van der Waals surface area contributed by atoms with Crippen molar-refractivity contribution in [1.82, 2.24) is 30.0 Å². The molecule has 0 saturated heterocycles. The lowest BCUT2D eigenvalue weighted by Crippen LogP contribution is -2.23. The molecule has 0 fully saturated rings. The SMILES string of the molecule is CCc1cc(C2=CCc3ncc(-c4cnn(CC(=O)NC)c4)cc32)nc(N)n1. The van der Waals surface area contributed by atoms with Crippen LogP contribution in [0.1, 0.15) is 29.6 Å². The zero-order valence-electron chi connectivity index (χ0n) is 15.8. The van der Waals surface area contributed by atoms with Gasteiger partial charge in [-0.25, -0.2) is 9.97 Å². The third-order valence-electron chi connectivity index (χ3n) is 4.75. The number of aryl methyl sites for hydroxylation is 1. The molecule has 142 valence electrons. The van der Waals surface area contributed by atoms with Crippen molar-refractivity contribution in [3.63, 3.8) is 0 Å². The highest BCUT2D eigenvalue weighted by Crippen LogP contribution is 2.34. The Bertz CT molecular complexity index is 1080. The van der Waals surface area contributed by atoms with E-state index in [1.807, 2.05) is 25.4 Å². The van der Waals surface area contributed by atoms with Crippen LogP contribution in [-0.2, 0) is 24.2 Å². The second-order valence-electron chi connectivity index (χ2n) is 6.60. The molecule has 0 aliphatic heterocycles. The fourth-order valence-corrected chi connectivity index (χ4v) is 3.26. The van der Waals surface area contributed by atoms with Gasteiger partial charge in [-0.15, -0.1) is 0 Å². The van der Waals surface area contributed by atoms with E-state index in [1.165, 1.54) is 0 Å². The van der Waals surface area contributed by atoms with Crippen LogP contribution in [0.4, 0.5) is 5.95 Å². The van der Waals surface area contributed by atoms with Crippen LogP contribution in [-0.4, -0.2) is 37.7 Å². The summed E-state index contributed by atoms with van der Waals surface area (Å²) in [7, 11) is 1.61. The van der Waals surface area contributed by atoms with Crippen LogP contribution in [0.25, 0.3) is 16.7 Å². The Kier molecular flexibility index (Phi) is 4.60. The Balaban J connectivity index is 1.68. The summed E-state index contributed by atoms with van der Waals surface area (Å²) in [6.45, 7) is 2.22. The van der Waals surface area contributed by atoms with Crippen LogP contribution >= 0.6 is 0 Å². The number of aromatic nitrogens is 5. The van der Waals surface area contributed by atoms with Gasteiger partial charge in [-0.05, 0) is 18.6 Å². The first-order valence-corrected chi connectivity index (χ1v) is 9.14. The van der Waals surface area contributed by atoms with Crippen molar-refractivity contribution in [2.24, 2.45) is 0 Å². The molecule has 0 unspecified atom stereocenters. The molecule has 8 nitrogen and oxygen atoms in total. The maximum absolute atomic E-state index is 11.5. The van der Waals surface area contributed by atoms with E-state index in [9.17, 15) is 4.79 Å². The standard InChI is InChI=1S/C20H21N7O/c1-3-14-7-18(26-20(21)25-14)15-4-5-17-16(15)6-12(8-23-17)13-9-24-27(10-13)11-19(28)22-2/h4,6-10H,3,5,11H2,1-2H3,(H,22,28)(H2,21,25,26). The molecule has 3 aromatic heterocycles. The molecule has 0 atom stereocenters. The number of amides is 1. The molecule has 3 N–H and O–H groups in total. The zero-order valence-corrected chi connectivity index (χ0v) is 15.8. The number of rotatable bonds is 5. The van der Waals surface area contributed by atoms with Crippen LogP contribution in [0.3, 0.4) is 0 Å². The number of nitrogens with one attached hydrogen (secondary N) is 1. The Hall–Kier alpha value is -3.55. The van der Waals surface area contributed by atoms with E-state index in [0.717, 1.165) is 52.2 Å². The predicted molar refractivity (Wildman–Crippen MR) is 106 cm³/mol. The van der Waals surface area contributed by atoms with Gasteiger partial charge in [-0.1, -0.05) is 13.0 Å². The first kappa shape index (κ1) is 17.8. The van der Waals surface area contributed by atoms with Gasteiger partial charge in [0.1, 0.15) is 6.54 Å². The highest BCUT2D eigenvalue weighted by molar-refractivity contribution is 5.84. The molecule has 1 aliphatic rings. The normalized spacial score (nSPS) is 12.6. The molecule has 0 spiro atoms. The van der Waals surface area contributed by atoms with Crippen molar-refractivity contribution in [3.05, 3.63) is 59.4 Å². The number of nitrogens with zero attached hydrogens (tertiary/aromatic N) is 5.